The first-order valence-corrected chi connectivity index (χ1v) is 9.59. The maximum atomic E-state index is 12.3. The molecular weight excluding hydrogens is 344 g/mol. The lowest BCUT2D eigenvalue weighted by Crippen LogP contribution is -2.42. The van der Waals surface area contributed by atoms with Gasteiger partial charge in [-0.25, -0.2) is 4.68 Å². The van der Waals surface area contributed by atoms with E-state index < -0.39 is 0 Å². The molecule has 3 heterocycles. The summed E-state index contributed by atoms with van der Waals surface area (Å²) in [5, 5.41) is 7.73. The van der Waals surface area contributed by atoms with Crippen molar-refractivity contribution >= 4 is 5.91 Å². The zero-order chi connectivity index (χ0) is 18.6. The van der Waals surface area contributed by atoms with Gasteiger partial charge < -0.3 is 10.1 Å². The van der Waals surface area contributed by atoms with E-state index in [1.165, 1.54) is 0 Å². The minimum Gasteiger partial charge on any atom is -0.381 e. The second-order valence-corrected chi connectivity index (χ2v) is 7.32. The van der Waals surface area contributed by atoms with E-state index in [0.717, 1.165) is 43.4 Å². The molecule has 1 N–H and O–H groups in total. The van der Waals surface area contributed by atoms with Crippen LogP contribution in [-0.2, 0) is 9.53 Å². The van der Waals surface area contributed by atoms with Crippen molar-refractivity contribution in [2.75, 3.05) is 13.2 Å². The summed E-state index contributed by atoms with van der Waals surface area (Å²) in [4.78, 5) is 28.7. The Kier molecular flexibility index (Phi) is 5.29. The molecule has 1 saturated heterocycles. The maximum absolute atomic E-state index is 12.3. The summed E-state index contributed by atoms with van der Waals surface area (Å²) in [6.45, 7) is 1.20. The van der Waals surface area contributed by atoms with Gasteiger partial charge in [-0.15, -0.1) is 0 Å². The number of rotatable bonds is 4. The van der Waals surface area contributed by atoms with E-state index in [2.05, 4.69) is 15.4 Å². The van der Waals surface area contributed by atoms with Gasteiger partial charge in [-0.1, -0.05) is 0 Å². The molecule has 0 spiro atoms. The third-order valence-corrected chi connectivity index (χ3v) is 5.47. The number of ether oxygens (including phenoxy) is 1. The fraction of sp³-hybridized carbons (Fsp3) is 0.500. The summed E-state index contributed by atoms with van der Waals surface area (Å²) < 4.78 is 6.89. The lowest BCUT2D eigenvalue weighted by molar-refractivity contribution is -0.125. The highest BCUT2D eigenvalue weighted by Crippen LogP contribution is 2.28. The Balaban J connectivity index is 1.40. The van der Waals surface area contributed by atoms with Gasteiger partial charge in [0.2, 0.25) is 5.91 Å². The molecule has 1 atom stereocenters. The van der Waals surface area contributed by atoms with Gasteiger partial charge >= 0.3 is 0 Å². The van der Waals surface area contributed by atoms with Crippen LogP contribution in [0.1, 0.15) is 38.1 Å². The first-order chi connectivity index (χ1) is 13.2. The molecule has 1 aliphatic heterocycles. The van der Waals surface area contributed by atoms with Crippen molar-refractivity contribution < 1.29 is 9.53 Å². The lowest BCUT2D eigenvalue weighted by Gasteiger charge is -2.30. The highest BCUT2D eigenvalue weighted by Gasteiger charge is 2.29. The van der Waals surface area contributed by atoms with Crippen molar-refractivity contribution in [1.29, 1.82) is 0 Å². The summed E-state index contributed by atoms with van der Waals surface area (Å²) in [5.41, 5.74) is 1.56. The summed E-state index contributed by atoms with van der Waals surface area (Å²) in [5.74, 6) is 0.0907. The number of nitrogens with zero attached hydrogens (tertiary/aromatic N) is 3. The van der Waals surface area contributed by atoms with Crippen LogP contribution in [0.3, 0.4) is 0 Å². The number of carbonyl (C=O) groups is 1. The standard InChI is InChI=1S/C20H24N4O3/c25-19-8-7-18(14-2-1-10-21-12-14)23-24(19)17-5-3-16(4-6-17)22-20(26)15-9-11-27-13-15/h1-2,7-8,10,12,15-17H,3-6,9,11,13H2,(H,22,26). The zero-order valence-electron chi connectivity index (χ0n) is 15.2. The molecule has 7 heteroatoms. The molecule has 0 radical (unpaired) electrons. The van der Waals surface area contributed by atoms with Crippen LogP contribution >= 0.6 is 0 Å². The Morgan fingerprint density at radius 3 is 2.70 bits per heavy atom. The van der Waals surface area contributed by atoms with E-state index in [1.807, 2.05) is 12.1 Å². The van der Waals surface area contributed by atoms with Crippen molar-refractivity contribution in [2.24, 2.45) is 5.92 Å². The van der Waals surface area contributed by atoms with Gasteiger partial charge in [0.25, 0.3) is 5.56 Å². The third-order valence-electron chi connectivity index (χ3n) is 5.47. The van der Waals surface area contributed by atoms with Crippen molar-refractivity contribution in [2.45, 2.75) is 44.2 Å². The smallest absolute Gasteiger partial charge is 0.267 e. The zero-order valence-corrected chi connectivity index (χ0v) is 15.2. The second kappa shape index (κ2) is 8.00. The van der Waals surface area contributed by atoms with E-state index >= 15 is 0 Å². The third kappa shape index (κ3) is 4.08. The van der Waals surface area contributed by atoms with E-state index in [0.29, 0.717) is 13.2 Å². The Bertz CT molecular complexity index is 838. The molecule has 142 valence electrons. The van der Waals surface area contributed by atoms with E-state index in [-0.39, 0.29) is 29.5 Å². The number of hydrogen-bond acceptors (Lipinski definition) is 5. The van der Waals surface area contributed by atoms with Gasteiger partial charge in [0, 0.05) is 36.7 Å². The molecule has 1 aliphatic carbocycles. The predicted octanol–water partition coefficient (Wildman–Crippen LogP) is 1.94. The van der Waals surface area contributed by atoms with E-state index in [1.54, 1.807) is 29.2 Å². The van der Waals surface area contributed by atoms with E-state index in [9.17, 15) is 9.59 Å². The summed E-state index contributed by atoms with van der Waals surface area (Å²) in [6, 6.07) is 7.34. The van der Waals surface area contributed by atoms with Gasteiger partial charge in [-0.3, -0.25) is 14.6 Å². The predicted molar refractivity (Wildman–Crippen MR) is 100 cm³/mol. The molecule has 2 aromatic rings. The van der Waals surface area contributed by atoms with Crippen LogP contribution in [0.15, 0.2) is 41.5 Å². The highest BCUT2D eigenvalue weighted by atomic mass is 16.5. The van der Waals surface area contributed by atoms with Crippen LogP contribution in [0.25, 0.3) is 11.3 Å². The molecule has 1 unspecified atom stereocenters. The summed E-state index contributed by atoms with van der Waals surface area (Å²) >= 11 is 0. The molecule has 0 aromatic carbocycles. The first kappa shape index (κ1) is 17.9. The van der Waals surface area contributed by atoms with Crippen LogP contribution in [0.2, 0.25) is 0 Å². The molecule has 27 heavy (non-hydrogen) atoms. The topological polar surface area (TPSA) is 86.1 Å². The SMILES string of the molecule is O=C(NC1CCC(n2nc(-c3cccnc3)ccc2=O)CC1)C1CCOC1. The number of nitrogens with one attached hydrogen (secondary N) is 1. The molecule has 4 rings (SSSR count). The summed E-state index contributed by atoms with van der Waals surface area (Å²) in [7, 11) is 0. The van der Waals surface area contributed by atoms with Crippen LogP contribution in [-0.4, -0.2) is 39.9 Å². The molecular formula is C20H24N4O3. The van der Waals surface area contributed by atoms with Crippen molar-refractivity contribution in [3.05, 3.63) is 47.0 Å². The maximum Gasteiger partial charge on any atom is 0.267 e. The quantitative estimate of drug-likeness (QED) is 0.891. The molecule has 1 saturated carbocycles. The molecule has 0 bridgehead atoms. The Hall–Kier alpha value is -2.54. The lowest BCUT2D eigenvalue weighted by atomic mass is 9.90. The fourth-order valence-electron chi connectivity index (χ4n) is 3.88. The van der Waals surface area contributed by atoms with Gasteiger partial charge in [0.1, 0.15) is 0 Å². The Morgan fingerprint density at radius 2 is 2.00 bits per heavy atom. The van der Waals surface area contributed by atoms with Crippen molar-refractivity contribution in [1.82, 2.24) is 20.1 Å². The largest absolute Gasteiger partial charge is 0.381 e. The Morgan fingerprint density at radius 1 is 1.15 bits per heavy atom. The van der Waals surface area contributed by atoms with Crippen LogP contribution < -0.4 is 10.9 Å². The molecule has 2 fully saturated rings. The summed E-state index contributed by atoms with van der Waals surface area (Å²) in [6.07, 6.45) is 7.64. The van der Waals surface area contributed by atoms with E-state index in [4.69, 9.17) is 4.74 Å². The number of amides is 1. The minimum atomic E-state index is -0.0850. The molecule has 1 amide bonds. The average Bonchev–Trinajstić information content (AvgIpc) is 3.25. The van der Waals surface area contributed by atoms with Crippen LogP contribution in [0.4, 0.5) is 0 Å². The van der Waals surface area contributed by atoms with Crippen molar-refractivity contribution in [3.8, 4) is 11.3 Å². The highest BCUT2D eigenvalue weighted by molar-refractivity contribution is 5.79. The molecule has 2 aliphatic rings. The number of aromatic nitrogens is 3. The number of pyridine rings is 1. The van der Waals surface area contributed by atoms with Gasteiger partial charge in [-0.05, 0) is 50.3 Å². The van der Waals surface area contributed by atoms with Crippen molar-refractivity contribution in [3.63, 3.8) is 0 Å². The van der Waals surface area contributed by atoms with Gasteiger partial charge in [-0.2, -0.15) is 5.10 Å². The average molecular weight is 368 g/mol. The number of carbonyl (C=O) groups excluding carboxylic acids is 1. The minimum absolute atomic E-state index is 0.0110. The van der Waals surface area contributed by atoms with Gasteiger partial charge in [0.15, 0.2) is 0 Å². The fourth-order valence-corrected chi connectivity index (χ4v) is 3.88. The Labute approximate surface area is 157 Å². The van der Waals surface area contributed by atoms with Gasteiger partial charge in [0.05, 0.1) is 24.3 Å². The normalized spacial score (nSPS) is 25.3. The number of hydrogen-bond donors (Lipinski definition) is 1. The monoisotopic (exact) mass is 368 g/mol. The first-order valence-electron chi connectivity index (χ1n) is 9.59. The molecule has 2 aromatic heterocycles. The second-order valence-electron chi connectivity index (χ2n) is 7.32. The molecule has 7 nitrogen and oxygen atoms in total. The van der Waals surface area contributed by atoms with Crippen LogP contribution in [0.5, 0.6) is 0 Å². The van der Waals surface area contributed by atoms with Crippen LogP contribution in [0, 0.1) is 5.92 Å².